The van der Waals surface area contributed by atoms with Gasteiger partial charge in [0.2, 0.25) is 11.8 Å². The van der Waals surface area contributed by atoms with Crippen LogP contribution in [0.1, 0.15) is 58.8 Å². The van der Waals surface area contributed by atoms with Gasteiger partial charge in [-0.3, -0.25) is 14.4 Å². The van der Waals surface area contributed by atoms with Crippen molar-refractivity contribution in [1.82, 2.24) is 21.3 Å². The normalized spacial score (nSPS) is 13.1. The molecule has 0 spiro atoms. The Morgan fingerprint density at radius 3 is 2.00 bits per heavy atom. The summed E-state index contributed by atoms with van der Waals surface area (Å²) in [6, 6.07) is -0.731. The predicted octanol–water partition coefficient (Wildman–Crippen LogP) is 0.734. The average Bonchev–Trinajstić information content (AvgIpc) is 2.59. The van der Waals surface area contributed by atoms with Crippen LogP contribution in [0.3, 0.4) is 0 Å². The number of Topliss-reactive ketones (excluding diaryl/α,β-unsaturated/α-hetero) is 1. The topological polar surface area (TPSA) is 99.3 Å². The Morgan fingerprint density at radius 1 is 0.880 bits per heavy atom. The number of likely N-dealkylation sites (N-methyl/N-ethyl adjacent to an activating group) is 1. The third-order valence-corrected chi connectivity index (χ3v) is 4.20. The molecule has 0 rings (SSSR count). The van der Waals surface area contributed by atoms with E-state index < -0.39 is 6.04 Å². The first-order chi connectivity index (χ1) is 12.0. The summed E-state index contributed by atoms with van der Waals surface area (Å²) in [7, 11) is 3.65. The number of carbonyl (C=O) groups is 3. The number of hydrogen-bond acceptors (Lipinski definition) is 5. The van der Waals surface area contributed by atoms with Crippen molar-refractivity contribution in [3.8, 4) is 0 Å². The van der Waals surface area contributed by atoms with Gasteiger partial charge < -0.3 is 21.3 Å². The van der Waals surface area contributed by atoms with Crippen molar-refractivity contribution in [3.05, 3.63) is 0 Å². The van der Waals surface area contributed by atoms with E-state index in [1.807, 2.05) is 14.0 Å². The van der Waals surface area contributed by atoms with E-state index in [9.17, 15) is 14.4 Å². The predicted molar refractivity (Wildman–Crippen MR) is 100 cm³/mol. The van der Waals surface area contributed by atoms with E-state index in [2.05, 4.69) is 21.3 Å². The quantitative estimate of drug-likeness (QED) is 0.324. The van der Waals surface area contributed by atoms with Gasteiger partial charge in [0.25, 0.3) is 0 Å². The van der Waals surface area contributed by atoms with Crippen LogP contribution < -0.4 is 21.3 Å². The van der Waals surface area contributed by atoms with Crippen LogP contribution in [0.25, 0.3) is 0 Å². The van der Waals surface area contributed by atoms with Crippen molar-refractivity contribution in [2.75, 3.05) is 27.2 Å². The molecule has 2 atom stereocenters. The summed E-state index contributed by atoms with van der Waals surface area (Å²) >= 11 is 0. The van der Waals surface area contributed by atoms with Crippen LogP contribution in [0.15, 0.2) is 0 Å². The summed E-state index contributed by atoms with van der Waals surface area (Å²) in [6.45, 7) is 4.88. The maximum atomic E-state index is 12.4. The Labute approximate surface area is 152 Å². The van der Waals surface area contributed by atoms with Crippen LogP contribution in [0, 0.1) is 0 Å². The fourth-order valence-corrected chi connectivity index (χ4v) is 2.53. The lowest BCUT2D eigenvalue weighted by molar-refractivity contribution is -0.128. The monoisotopic (exact) mass is 356 g/mol. The third-order valence-electron chi connectivity index (χ3n) is 4.20. The van der Waals surface area contributed by atoms with Gasteiger partial charge in [-0.25, -0.2) is 0 Å². The lowest BCUT2D eigenvalue weighted by Gasteiger charge is -2.21. The van der Waals surface area contributed by atoms with Gasteiger partial charge in [-0.1, -0.05) is 6.92 Å². The van der Waals surface area contributed by atoms with E-state index in [0.717, 1.165) is 32.2 Å². The minimum absolute atomic E-state index is 0.00469. The molecule has 0 saturated carbocycles. The first-order valence-corrected chi connectivity index (χ1v) is 9.35. The first-order valence-electron chi connectivity index (χ1n) is 9.35. The minimum atomic E-state index is -0.413. The van der Waals surface area contributed by atoms with Gasteiger partial charge in [0.1, 0.15) is 0 Å². The van der Waals surface area contributed by atoms with Crippen molar-refractivity contribution in [3.63, 3.8) is 0 Å². The highest BCUT2D eigenvalue weighted by atomic mass is 16.2. The zero-order valence-electron chi connectivity index (χ0n) is 16.2. The van der Waals surface area contributed by atoms with Crippen LogP contribution in [0.4, 0.5) is 0 Å². The molecule has 0 aliphatic carbocycles. The van der Waals surface area contributed by atoms with Crippen molar-refractivity contribution >= 4 is 17.6 Å². The molecule has 0 bridgehead atoms. The molecule has 7 heteroatoms. The molecule has 146 valence electrons. The molecular formula is C18H36N4O3. The second-order valence-electron chi connectivity index (χ2n) is 6.31. The van der Waals surface area contributed by atoms with E-state index in [4.69, 9.17) is 0 Å². The second-order valence-corrected chi connectivity index (χ2v) is 6.31. The van der Waals surface area contributed by atoms with Gasteiger partial charge in [-0.15, -0.1) is 0 Å². The number of amides is 2. The Hall–Kier alpha value is -1.47. The molecule has 0 heterocycles. The molecule has 0 radical (unpaired) electrons. The smallest absolute Gasteiger partial charge is 0.237 e. The number of nitrogens with one attached hydrogen (secondary N) is 4. The summed E-state index contributed by atoms with van der Waals surface area (Å²) in [4.78, 5) is 35.3. The van der Waals surface area contributed by atoms with Gasteiger partial charge in [0, 0.05) is 13.0 Å². The van der Waals surface area contributed by atoms with Crippen LogP contribution in [-0.4, -0.2) is 56.9 Å². The van der Waals surface area contributed by atoms with Gasteiger partial charge >= 0.3 is 0 Å². The number of rotatable bonds is 15. The van der Waals surface area contributed by atoms with E-state index in [1.165, 1.54) is 6.92 Å². The Morgan fingerprint density at radius 2 is 1.48 bits per heavy atom. The lowest BCUT2D eigenvalue weighted by atomic mass is 10.0. The van der Waals surface area contributed by atoms with Gasteiger partial charge in [-0.2, -0.15) is 0 Å². The Bertz CT molecular complexity index is 402. The van der Waals surface area contributed by atoms with E-state index >= 15 is 0 Å². The van der Waals surface area contributed by atoms with Crippen LogP contribution in [0.2, 0.25) is 0 Å². The highest BCUT2D eigenvalue weighted by Crippen LogP contribution is 2.05. The number of ketones is 1. The molecule has 0 aromatic carbocycles. The van der Waals surface area contributed by atoms with Gasteiger partial charge in [0.05, 0.1) is 12.1 Å². The molecule has 0 aliphatic rings. The molecule has 25 heavy (non-hydrogen) atoms. The van der Waals surface area contributed by atoms with Crippen LogP contribution >= 0.6 is 0 Å². The van der Waals surface area contributed by atoms with Crippen LogP contribution in [0.5, 0.6) is 0 Å². The number of carbonyl (C=O) groups excluding carboxylic acids is 3. The number of hydrogen-bond donors (Lipinski definition) is 4. The van der Waals surface area contributed by atoms with E-state index in [0.29, 0.717) is 25.8 Å². The standard InChI is InChI=1S/C18H36N4O3/c1-5-17(24)21-13-9-7-11-16(20-4)18(25)22-15(14(2)23)10-6-8-12-19-3/h15-16,19-20H,5-13H2,1-4H3,(H,21,24)(H,22,25). The molecule has 0 aromatic heterocycles. The molecular weight excluding hydrogens is 320 g/mol. The number of unbranched alkanes of at least 4 members (excludes halogenated alkanes) is 2. The zero-order valence-corrected chi connectivity index (χ0v) is 16.2. The van der Waals surface area contributed by atoms with Crippen molar-refractivity contribution in [1.29, 1.82) is 0 Å². The maximum Gasteiger partial charge on any atom is 0.237 e. The molecule has 0 saturated heterocycles. The van der Waals surface area contributed by atoms with Gasteiger partial charge in [0.15, 0.2) is 5.78 Å². The Kier molecular flexibility index (Phi) is 14.0. The minimum Gasteiger partial charge on any atom is -0.356 e. The van der Waals surface area contributed by atoms with Crippen molar-refractivity contribution in [2.45, 2.75) is 70.9 Å². The second kappa shape index (κ2) is 14.8. The van der Waals surface area contributed by atoms with E-state index in [1.54, 1.807) is 7.05 Å². The molecule has 7 nitrogen and oxygen atoms in total. The molecule has 2 amide bonds. The maximum absolute atomic E-state index is 12.4. The third kappa shape index (κ3) is 11.7. The summed E-state index contributed by atoms with van der Waals surface area (Å²) in [5.74, 6) is -0.0886. The molecule has 4 N–H and O–H groups in total. The molecule has 0 aliphatic heterocycles. The highest BCUT2D eigenvalue weighted by Gasteiger charge is 2.22. The summed E-state index contributed by atoms with van der Waals surface area (Å²) < 4.78 is 0. The summed E-state index contributed by atoms with van der Waals surface area (Å²) in [6.07, 6.45) is 5.37. The Balaban J connectivity index is 4.21. The SMILES string of the molecule is CCC(=O)NCCCCC(NC)C(=O)NC(CCCCNC)C(C)=O. The average molecular weight is 357 g/mol. The summed E-state index contributed by atoms with van der Waals surface area (Å²) in [5.41, 5.74) is 0. The lowest BCUT2D eigenvalue weighted by Crippen LogP contribution is -2.49. The van der Waals surface area contributed by atoms with Crippen molar-refractivity contribution < 1.29 is 14.4 Å². The first kappa shape index (κ1) is 23.5. The molecule has 2 unspecified atom stereocenters. The fourth-order valence-electron chi connectivity index (χ4n) is 2.53. The van der Waals surface area contributed by atoms with Crippen LogP contribution in [-0.2, 0) is 14.4 Å². The van der Waals surface area contributed by atoms with Gasteiger partial charge in [-0.05, 0) is 66.1 Å². The van der Waals surface area contributed by atoms with Crippen molar-refractivity contribution in [2.24, 2.45) is 0 Å². The largest absolute Gasteiger partial charge is 0.356 e. The highest BCUT2D eigenvalue weighted by molar-refractivity contribution is 5.89. The molecule has 0 aromatic rings. The molecule has 0 fully saturated rings. The zero-order chi connectivity index (χ0) is 19.1. The summed E-state index contributed by atoms with van der Waals surface area (Å²) in [5, 5.41) is 11.8. The fraction of sp³-hybridized carbons (Fsp3) is 0.833. The van der Waals surface area contributed by atoms with E-state index in [-0.39, 0.29) is 23.6 Å².